The van der Waals surface area contributed by atoms with Gasteiger partial charge < -0.3 is 9.64 Å². The Labute approximate surface area is 99.4 Å². The Morgan fingerprint density at radius 1 is 1.47 bits per heavy atom. The average Bonchev–Trinajstić information content (AvgIpc) is 2.37. The van der Waals surface area contributed by atoms with E-state index in [0.717, 1.165) is 6.42 Å². The van der Waals surface area contributed by atoms with E-state index < -0.39 is 0 Å². The van der Waals surface area contributed by atoms with Crippen molar-refractivity contribution in [1.82, 2.24) is 9.88 Å². The second-order valence-electron chi connectivity index (χ2n) is 3.91. The molecule has 90 valence electrons. The Morgan fingerprint density at radius 2 is 2.35 bits per heavy atom. The predicted octanol–water partition coefficient (Wildman–Crippen LogP) is 0.652. The van der Waals surface area contributed by atoms with Crippen molar-refractivity contribution in [3.8, 4) is 5.88 Å². The van der Waals surface area contributed by atoms with Crippen LogP contribution in [0.1, 0.15) is 12.8 Å². The summed E-state index contributed by atoms with van der Waals surface area (Å²) in [4.78, 5) is 28.4. The van der Waals surface area contributed by atoms with Gasteiger partial charge in [0.1, 0.15) is 0 Å². The van der Waals surface area contributed by atoms with Gasteiger partial charge in [0.15, 0.2) is 12.4 Å². The molecule has 0 bridgehead atoms. The molecule has 1 aromatic heterocycles. The summed E-state index contributed by atoms with van der Waals surface area (Å²) in [5.41, 5.74) is 0. The molecule has 1 aromatic rings. The van der Waals surface area contributed by atoms with Crippen LogP contribution in [0.3, 0.4) is 0 Å². The number of hydrogen-bond donors (Lipinski definition) is 0. The number of Topliss-reactive ketones (excluding diaryl/α,β-unsaturated/α-hetero) is 1. The molecule has 0 aliphatic carbocycles. The first-order valence-electron chi connectivity index (χ1n) is 5.59. The lowest BCUT2D eigenvalue weighted by molar-refractivity contribution is -0.139. The quantitative estimate of drug-likeness (QED) is 0.770. The van der Waals surface area contributed by atoms with Gasteiger partial charge in [0.25, 0.3) is 5.91 Å². The summed E-state index contributed by atoms with van der Waals surface area (Å²) >= 11 is 0. The van der Waals surface area contributed by atoms with Crippen molar-refractivity contribution in [2.24, 2.45) is 0 Å². The minimum Gasteiger partial charge on any atom is -0.468 e. The van der Waals surface area contributed by atoms with Gasteiger partial charge in [-0.05, 0) is 12.5 Å². The Hall–Kier alpha value is -1.91. The number of nitrogens with zero attached hydrogens (tertiary/aromatic N) is 2. The fraction of sp³-hybridized carbons (Fsp3) is 0.417. The van der Waals surface area contributed by atoms with Gasteiger partial charge in [0, 0.05) is 25.2 Å². The van der Waals surface area contributed by atoms with Crippen LogP contribution in [0.4, 0.5) is 0 Å². The van der Waals surface area contributed by atoms with E-state index in [0.29, 0.717) is 18.8 Å². The number of hydrogen-bond acceptors (Lipinski definition) is 4. The molecule has 1 amide bonds. The highest BCUT2D eigenvalue weighted by Crippen LogP contribution is 2.07. The molecule has 1 aliphatic rings. The normalized spacial score (nSPS) is 15.8. The van der Waals surface area contributed by atoms with E-state index in [2.05, 4.69) is 4.98 Å². The summed E-state index contributed by atoms with van der Waals surface area (Å²) in [5.74, 6) is 0.371. The van der Waals surface area contributed by atoms with Gasteiger partial charge in [-0.25, -0.2) is 4.98 Å². The topological polar surface area (TPSA) is 59.5 Å². The smallest absolute Gasteiger partial charge is 0.260 e. The van der Waals surface area contributed by atoms with E-state index in [1.54, 1.807) is 24.4 Å². The van der Waals surface area contributed by atoms with Crippen molar-refractivity contribution in [2.45, 2.75) is 12.8 Å². The van der Waals surface area contributed by atoms with Crippen LogP contribution in [0.25, 0.3) is 0 Å². The fourth-order valence-electron chi connectivity index (χ4n) is 1.71. The van der Waals surface area contributed by atoms with E-state index >= 15 is 0 Å². The molecule has 17 heavy (non-hydrogen) atoms. The highest BCUT2D eigenvalue weighted by Gasteiger charge is 2.21. The molecule has 0 spiro atoms. The number of rotatable bonds is 3. The summed E-state index contributed by atoms with van der Waals surface area (Å²) < 4.78 is 5.24. The molecular formula is C12H14N2O3. The van der Waals surface area contributed by atoms with Gasteiger partial charge in [0.2, 0.25) is 5.88 Å². The third kappa shape index (κ3) is 3.27. The number of carbonyl (C=O) groups excluding carboxylic acids is 2. The summed E-state index contributed by atoms with van der Waals surface area (Å²) in [6.07, 6.45) is 2.92. The predicted molar refractivity (Wildman–Crippen MR) is 60.6 cm³/mol. The third-order valence-corrected chi connectivity index (χ3v) is 2.58. The van der Waals surface area contributed by atoms with Gasteiger partial charge >= 0.3 is 0 Å². The fourth-order valence-corrected chi connectivity index (χ4v) is 1.71. The number of likely N-dealkylation sites (tertiary alicyclic amines) is 1. The number of piperidine rings is 1. The zero-order valence-electron chi connectivity index (χ0n) is 9.46. The summed E-state index contributed by atoms with van der Waals surface area (Å²) in [7, 11) is 0. The van der Waals surface area contributed by atoms with Crippen molar-refractivity contribution in [2.75, 3.05) is 19.7 Å². The summed E-state index contributed by atoms with van der Waals surface area (Å²) in [6, 6.07) is 5.25. The highest BCUT2D eigenvalue weighted by atomic mass is 16.5. The number of ether oxygens (including phenoxy) is 1. The van der Waals surface area contributed by atoms with Gasteiger partial charge in [-0.15, -0.1) is 0 Å². The lowest BCUT2D eigenvalue weighted by atomic mass is 10.1. The molecule has 2 heterocycles. The van der Waals surface area contributed by atoms with Gasteiger partial charge in [-0.3, -0.25) is 9.59 Å². The number of ketones is 1. The molecule has 0 N–H and O–H groups in total. The van der Waals surface area contributed by atoms with Gasteiger partial charge in [-0.1, -0.05) is 6.07 Å². The molecule has 0 atom stereocenters. The zero-order valence-corrected chi connectivity index (χ0v) is 9.46. The lowest BCUT2D eigenvalue weighted by Gasteiger charge is -2.25. The van der Waals surface area contributed by atoms with Gasteiger partial charge in [-0.2, -0.15) is 0 Å². The minimum absolute atomic E-state index is 0.0652. The van der Waals surface area contributed by atoms with Crippen molar-refractivity contribution in [3.63, 3.8) is 0 Å². The number of carbonyl (C=O) groups is 2. The van der Waals surface area contributed by atoms with E-state index in [-0.39, 0.29) is 24.8 Å². The first kappa shape index (κ1) is 11.6. The molecule has 1 saturated heterocycles. The van der Waals surface area contributed by atoms with Crippen LogP contribution in [-0.4, -0.2) is 41.3 Å². The molecule has 5 heteroatoms. The van der Waals surface area contributed by atoms with Crippen molar-refractivity contribution < 1.29 is 14.3 Å². The highest BCUT2D eigenvalue weighted by molar-refractivity contribution is 5.87. The molecule has 2 rings (SSSR count). The van der Waals surface area contributed by atoms with Crippen LogP contribution in [0, 0.1) is 0 Å². The van der Waals surface area contributed by atoms with Gasteiger partial charge in [0.05, 0.1) is 6.54 Å². The number of amides is 1. The molecule has 0 unspecified atom stereocenters. The SMILES string of the molecule is O=C1CCCN(C(=O)COc2ccccn2)C1. The Balaban J connectivity index is 1.83. The molecule has 1 fully saturated rings. The van der Waals surface area contributed by atoms with Crippen LogP contribution >= 0.6 is 0 Å². The van der Waals surface area contributed by atoms with E-state index in [1.807, 2.05) is 0 Å². The average molecular weight is 234 g/mol. The number of pyridine rings is 1. The maximum atomic E-state index is 11.7. The molecule has 1 aliphatic heterocycles. The molecule has 0 radical (unpaired) electrons. The van der Waals surface area contributed by atoms with Crippen LogP contribution < -0.4 is 4.74 Å². The first-order chi connectivity index (χ1) is 8.25. The van der Waals surface area contributed by atoms with Crippen LogP contribution in [0.5, 0.6) is 5.88 Å². The molecule has 5 nitrogen and oxygen atoms in total. The van der Waals surface area contributed by atoms with E-state index in [4.69, 9.17) is 4.74 Å². The zero-order chi connectivity index (χ0) is 12.1. The van der Waals surface area contributed by atoms with Crippen LogP contribution in [0.15, 0.2) is 24.4 Å². The maximum Gasteiger partial charge on any atom is 0.260 e. The Kier molecular flexibility index (Phi) is 3.69. The molecule has 0 aromatic carbocycles. The summed E-state index contributed by atoms with van der Waals surface area (Å²) in [6.45, 7) is 0.783. The standard InChI is InChI=1S/C12H14N2O3/c15-10-4-3-7-14(8-10)12(16)9-17-11-5-1-2-6-13-11/h1-2,5-6H,3-4,7-9H2. The number of aromatic nitrogens is 1. The summed E-state index contributed by atoms with van der Waals surface area (Å²) in [5, 5.41) is 0. The van der Waals surface area contributed by atoms with E-state index in [1.165, 1.54) is 4.90 Å². The molecular weight excluding hydrogens is 220 g/mol. The second-order valence-corrected chi connectivity index (χ2v) is 3.91. The Bertz CT molecular complexity index is 405. The molecule has 0 saturated carbocycles. The van der Waals surface area contributed by atoms with Crippen molar-refractivity contribution in [1.29, 1.82) is 0 Å². The largest absolute Gasteiger partial charge is 0.468 e. The van der Waals surface area contributed by atoms with Crippen LogP contribution in [0.2, 0.25) is 0 Å². The minimum atomic E-state index is -0.163. The monoisotopic (exact) mass is 234 g/mol. The van der Waals surface area contributed by atoms with Crippen molar-refractivity contribution in [3.05, 3.63) is 24.4 Å². The first-order valence-corrected chi connectivity index (χ1v) is 5.59. The maximum absolute atomic E-state index is 11.7. The Morgan fingerprint density at radius 3 is 3.06 bits per heavy atom. The lowest BCUT2D eigenvalue weighted by Crippen LogP contribution is -2.42. The van der Waals surface area contributed by atoms with E-state index in [9.17, 15) is 9.59 Å². The van der Waals surface area contributed by atoms with Crippen LogP contribution in [-0.2, 0) is 9.59 Å². The van der Waals surface area contributed by atoms with Crippen molar-refractivity contribution >= 4 is 11.7 Å². The third-order valence-electron chi connectivity index (χ3n) is 2.58. The second kappa shape index (κ2) is 5.43.